The molecule has 0 atom stereocenters. The number of rotatable bonds is 7. The smallest absolute Gasteiger partial charge is 0.338 e. The number of para-hydroxylation sites is 1. The summed E-state index contributed by atoms with van der Waals surface area (Å²) in [5, 5.41) is 8.71. The van der Waals surface area contributed by atoms with Gasteiger partial charge in [0.25, 0.3) is 0 Å². The highest BCUT2D eigenvalue weighted by Crippen LogP contribution is 2.10. The van der Waals surface area contributed by atoms with E-state index in [-0.39, 0.29) is 12.2 Å². The summed E-state index contributed by atoms with van der Waals surface area (Å²) in [7, 11) is 0. The van der Waals surface area contributed by atoms with Gasteiger partial charge in [-0.1, -0.05) is 18.2 Å². The Morgan fingerprint density at radius 2 is 2.00 bits per heavy atom. The van der Waals surface area contributed by atoms with E-state index in [1.807, 2.05) is 30.3 Å². The topological polar surface area (TPSA) is 68.9 Å². The number of furan rings is 1. The minimum atomic E-state index is -1.01. The number of hydrogen-bond donors (Lipinski definition) is 1. The molecule has 2 rings (SSSR count). The van der Waals surface area contributed by atoms with Crippen molar-refractivity contribution in [1.82, 2.24) is 0 Å². The van der Waals surface area contributed by atoms with Crippen molar-refractivity contribution in [2.24, 2.45) is 0 Å². The van der Waals surface area contributed by atoms with Gasteiger partial charge in [-0.2, -0.15) is 0 Å². The zero-order chi connectivity index (χ0) is 13.5. The molecule has 1 aromatic carbocycles. The molecule has 0 fully saturated rings. The van der Waals surface area contributed by atoms with Crippen LogP contribution in [0.15, 0.2) is 47.1 Å². The van der Waals surface area contributed by atoms with Crippen LogP contribution in [0.3, 0.4) is 0 Å². The molecule has 5 nitrogen and oxygen atoms in total. The van der Waals surface area contributed by atoms with Gasteiger partial charge < -0.3 is 19.0 Å². The zero-order valence-electron chi connectivity index (χ0n) is 10.2. The SMILES string of the molecule is O=C(O)c1coc(COCCOc2ccccc2)c1. The lowest BCUT2D eigenvalue weighted by Gasteiger charge is -2.05. The number of carboxylic acid groups (broad SMARTS) is 1. The van der Waals surface area contributed by atoms with E-state index in [2.05, 4.69) is 0 Å². The highest BCUT2D eigenvalue weighted by Gasteiger charge is 2.07. The molecule has 0 aliphatic rings. The lowest BCUT2D eigenvalue weighted by atomic mass is 10.3. The highest BCUT2D eigenvalue weighted by atomic mass is 16.5. The summed E-state index contributed by atoms with van der Waals surface area (Å²) in [6, 6.07) is 10.9. The predicted molar refractivity (Wildman–Crippen MR) is 67.3 cm³/mol. The molecule has 0 saturated carbocycles. The molecular formula is C14H14O5. The molecule has 0 bridgehead atoms. The molecule has 0 saturated heterocycles. The lowest BCUT2D eigenvalue weighted by molar-refractivity contribution is 0.0696. The Kier molecular flexibility index (Phi) is 4.58. The van der Waals surface area contributed by atoms with Gasteiger partial charge >= 0.3 is 5.97 Å². The molecular weight excluding hydrogens is 248 g/mol. The van der Waals surface area contributed by atoms with Gasteiger partial charge in [0.05, 0.1) is 12.2 Å². The van der Waals surface area contributed by atoms with Crippen LogP contribution in [0.5, 0.6) is 5.75 Å². The van der Waals surface area contributed by atoms with Crippen LogP contribution >= 0.6 is 0 Å². The third kappa shape index (κ3) is 4.15. The summed E-state index contributed by atoms with van der Waals surface area (Å²) in [4.78, 5) is 10.6. The molecule has 0 spiro atoms. The summed E-state index contributed by atoms with van der Waals surface area (Å²) >= 11 is 0. The maximum absolute atomic E-state index is 10.6. The minimum absolute atomic E-state index is 0.124. The average Bonchev–Trinajstić information content (AvgIpc) is 2.89. The molecule has 1 heterocycles. The Morgan fingerprint density at radius 1 is 1.21 bits per heavy atom. The standard InChI is InChI=1S/C14H14O5/c15-14(16)11-8-13(19-9-11)10-17-6-7-18-12-4-2-1-3-5-12/h1-5,8-9H,6-7,10H2,(H,15,16). The largest absolute Gasteiger partial charge is 0.491 e. The minimum Gasteiger partial charge on any atom is -0.491 e. The van der Waals surface area contributed by atoms with Gasteiger partial charge in [-0.05, 0) is 18.2 Å². The van der Waals surface area contributed by atoms with Gasteiger partial charge in [-0.25, -0.2) is 4.79 Å². The number of benzene rings is 1. The normalized spacial score (nSPS) is 10.3. The van der Waals surface area contributed by atoms with E-state index in [0.29, 0.717) is 19.0 Å². The first-order valence-corrected chi connectivity index (χ1v) is 5.82. The first kappa shape index (κ1) is 13.2. The van der Waals surface area contributed by atoms with Crippen molar-refractivity contribution >= 4 is 5.97 Å². The van der Waals surface area contributed by atoms with Crippen LogP contribution in [0.1, 0.15) is 16.1 Å². The maximum atomic E-state index is 10.6. The van der Waals surface area contributed by atoms with Gasteiger partial charge in [0, 0.05) is 0 Å². The third-order valence-electron chi connectivity index (χ3n) is 2.38. The highest BCUT2D eigenvalue weighted by molar-refractivity contribution is 5.87. The summed E-state index contributed by atoms with van der Waals surface area (Å²) in [6.45, 7) is 1.06. The molecule has 100 valence electrons. The van der Waals surface area contributed by atoms with Crippen LogP contribution in [0.25, 0.3) is 0 Å². The Hall–Kier alpha value is -2.27. The monoisotopic (exact) mass is 262 g/mol. The van der Waals surface area contributed by atoms with Gasteiger partial charge in [0.1, 0.15) is 31.0 Å². The number of aromatic carboxylic acids is 1. The van der Waals surface area contributed by atoms with Crippen molar-refractivity contribution in [3.8, 4) is 5.75 Å². The van der Waals surface area contributed by atoms with E-state index >= 15 is 0 Å². The third-order valence-corrected chi connectivity index (χ3v) is 2.38. The molecule has 1 N–H and O–H groups in total. The van der Waals surface area contributed by atoms with Crippen molar-refractivity contribution in [3.63, 3.8) is 0 Å². The molecule has 0 aliphatic heterocycles. The fourth-order valence-electron chi connectivity index (χ4n) is 1.48. The van der Waals surface area contributed by atoms with Crippen molar-refractivity contribution in [2.45, 2.75) is 6.61 Å². The van der Waals surface area contributed by atoms with Gasteiger partial charge in [0.15, 0.2) is 0 Å². The van der Waals surface area contributed by atoms with Crippen LogP contribution in [0.2, 0.25) is 0 Å². The van der Waals surface area contributed by atoms with E-state index in [4.69, 9.17) is 19.0 Å². The number of carbonyl (C=O) groups is 1. The fraction of sp³-hybridized carbons (Fsp3) is 0.214. The molecule has 19 heavy (non-hydrogen) atoms. The second-order valence-electron chi connectivity index (χ2n) is 3.82. The molecule has 0 unspecified atom stereocenters. The first-order valence-electron chi connectivity index (χ1n) is 5.82. The molecule has 0 aliphatic carbocycles. The van der Waals surface area contributed by atoms with E-state index in [9.17, 15) is 4.79 Å². The summed E-state index contributed by atoms with van der Waals surface area (Å²) in [5.74, 6) is 0.261. The van der Waals surface area contributed by atoms with Crippen molar-refractivity contribution in [2.75, 3.05) is 13.2 Å². The van der Waals surface area contributed by atoms with E-state index in [1.165, 1.54) is 12.3 Å². The van der Waals surface area contributed by atoms with Crippen molar-refractivity contribution in [1.29, 1.82) is 0 Å². The molecule has 5 heteroatoms. The lowest BCUT2D eigenvalue weighted by Crippen LogP contribution is -2.06. The summed E-state index contributed by atoms with van der Waals surface area (Å²) in [6.07, 6.45) is 1.20. The number of ether oxygens (including phenoxy) is 2. The predicted octanol–water partition coefficient (Wildman–Crippen LogP) is 2.57. The van der Waals surface area contributed by atoms with Crippen molar-refractivity contribution < 1.29 is 23.8 Å². The van der Waals surface area contributed by atoms with Crippen LogP contribution < -0.4 is 4.74 Å². The molecule has 0 radical (unpaired) electrons. The van der Waals surface area contributed by atoms with Gasteiger partial charge in [-0.15, -0.1) is 0 Å². The second-order valence-corrected chi connectivity index (χ2v) is 3.82. The summed E-state index contributed by atoms with van der Waals surface area (Å²) < 4.78 is 15.8. The molecule has 0 amide bonds. The van der Waals surface area contributed by atoms with Gasteiger partial charge in [-0.3, -0.25) is 0 Å². The van der Waals surface area contributed by atoms with Crippen molar-refractivity contribution in [3.05, 3.63) is 54.0 Å². The van der Waals surface area contributed by atoms with E-state index in [1.54, 1.807) is 0 Å². The molecule has 2 aromatic rings. The average molecular weight is 262 g/mol. The Labute approximate surface area is 110 Å². The van der Waals surface area contributed by atoms with E-state index in [0.717, 1.165) is 5.75 Å². The van der Waals surface area contributed by atoms with Crippen LogP contribution in [-0.4, -0.2) is 24.3 Å². The number of carboxylic acids is 1. The second kappa shape index (κ2) is 6.61. The van der Waals surface area contributed by atoms with Crippen LogP contribution in [-0.2, 0) is 11.3 Å². The first-order chi connectivity index (χ1) is 9.25. The Morgan fingerprint density at radius 3 is 2.68 bits per heavy atom. The maximum Gasteiger partial charge on any atom is 0.338 e. The van der Waals surface area contributed by atoms with E-state index < -0.39 is 5.97 Å². The van der Waals surface area contributed by atoms with Crippen LogP contribution in [0, 0.1) is 0 Å². The zero-order valence-corrected chi connectivity index (χ0v) is 10.2. The fourth-order valence-corrected chi connectivity index (χ4v) is 1.48. The number of hydrogen-bond acceptors (Lipinski definition) is 4. The van der Waals surface area contributed by atoms with Gasteiger partial charge in [0.2, 0.25) is 0 Å². The summed E-state index contributed by atoms with van der Waals surface area (Å²) in [5.41, 5.74) is 0.124. The Bertz CT molecular complexity index is 518. The quantitative estimate of drug-likeness (QED) is 0.777. The molecule has 1 aromatic heterocycles. The Balaban J connectivity index is 1.65. The van der Waals surface area contributed by atoms with Crippen LogP contribution in [0.4, 0.5) is 0 Å².